The Morgan fingerprint density at radius 2 is 2.00 bits per heavy atom. The fourth-order valence-corrected chi connectivity index (χ4v) is 1.43. The zero-order valence-electron chi connectivity index (χ0n) is 9.18. The number of benzene rings is 1. The van der Waals surface area contributed by atoms with E-state index in [1.54, 1.807) is 0 Å². The smallest absolute Gasteiger partial charge is 0.219 e. The van der Waals surface area contributed by atoms with E-state index in [4.69, 9.17) is 10.5 Å². The van der Waals surface area contributed by atoms with Gasteiger partial charge in [0.15, 0.2) is 0 Å². The van der Waals surface area contributed by atoms with Crippen molar-refractivity contribution in [1.82, 2.24) is 4.98 Å². The van der Waals surface area contributed by atoms with Crippen LogP contribution >= 0.6 is 0 Å². The maximum absolute atomic E-state index is 5.64. The Morgan fingerprint density at radius 3 is 2.75 bits per heavy atom. The molecule has 0 aliphatic heterocycles. The highest BCUT2D eigenvalue weighted by molar-refractivity contribution is 5.31. The van der Waals surface area contributed by atoms with Gasteiger partial charge in [-0.15, -0.1) is 0 Å². The van der Waals surface area contributed by atoms with E-state index in [2.05, 4.69) is 4.98 Å². The van der Waals surface area contributed by atoms with Gasteiger partial charge in [0.2, 0.25) is 5.88 Å². The van der Waals surface area contributed by atoms with Crippen LogP contribution in [0.4, 0.5) is 0 Å². The molecule has 0 saturated carbocycles. The lowest BCUT2D eigenvalue weighted by Gasteiger charge is -2.06. The summed E-state index contributed by atoms with van der Waals surface area (Å²) in [5, 5.41) is 0. The van der Waals surface area contributed by atoms with Crippen LogP contribution in [-0.4, -0.2) is 4.98 Å². The fraction of sp³-hybridized carbons (Fsp3) is 0.154. The number of nitrogens with two attached hydrogens (primary N) is 1. The molecule has 0 unspecified atom stereocenters. The molecule has 82 valence electrons. The first-order chi connectivity index (χ1) is 7.78. The van der Waals surface area contributed by atoms with Gasteiger partial charge in [-0.1, -0.05) is 18.2 Å². The quantitative estimate of drug-likeness (QED) is 0.854. The van der Waals surface area contributed by atoms with E-state index < -0.39 is 0 Å². The Morgan fingerprint density at radius 1 is 1.19 bits per heavy atom. The minimum atomic E-state index is 0.512. The van der Waals surface area contributed by atoms with Crippen LogP contribution in [0.1, 0.15) is 11.3 Å². The van der Waals surface area contributed by atoms with E-state index in [-0.39, 0.29) is 0 Å². The Bertz CT molecular complexity index is 483. The lowest BCUT2D eigenvalue weighted by Crippen LogP contribution is -1.96. The van der Waals surface area contributed by atoms with E-state index in [0.29, 0.717) is 12.4 Å². The highest BCUT2D eigenvalue weighted by Crippen LogP contribution is 2.20. The van der Waals surface area contributed by atoms with Crippen molar-refractivity contribution in [2.24, 2.45) is 5.73 Å². The molecule has 2 N–H and O–H groups in total. The predicted molar refractivity (Wildman–Crippen MR) is 63.4 cm³/mol. The van der Waals surface area contributed by atoms with Crippen molar-refractivity contribution < 1.29 is 4.74 Å². The molecule has 2 rings (SSSR count). The van der Waals surface area contributed by atoms with Crippen molar-refractivity contribution in [3.8, 4) is 11.6 Å². The molecule has 0 spiro atoms. The molecule has 1 heterocycles. The van der Waals surface area contributed by atoms with Gasteiger partial charge >= 0.3 is 0 Å². The van der Waals surface area contributed by atoms with E-state index in [9.17, 15) is 0 Å². The normalized spacial score (nSPS) is 10.1. The summed E-state index contributed by atoms with van der Waals surface area (Å²) in [6, 6.07) is 13.4. The SMILES string of the molecule is Cc1cccc(Oc2cccc(CN)c2)n1. The highest BCUT2D eigenvalue weighted by Gasteiger charge is 1.99. The maximum Gasteiger partial charge on any atom is 0.219 e. The van der Waals surface area contributed by atoms with Crippen molar-refractivity contribution in [1.29, 1.82) is 0 Å². The molecular weight excluding hydrogens is 200 g/mol. The van der Waals surface area contributed by atoms with E-state index in [0.717, 1.165) is 17.0 Å². The molecule has 0 saturated heterocycles. The number of hydrogen-bond donors (Lipinski definition) is 1. The average Bonchev–Trinajstić information content (AvgIpc) is 2.29. The summed E-state index contributed by atoms with van der Waals surface area (Å²) in [5.41, 5.74) is 7.55. The number of aryl methyl sites for hydroxylation is 1. The largest absolute Gasteiger partial charge is 0.439 e. The van der Waals surface area contributed by atoms with Crippen LogP contribution in [-0.2, 0) is 6.54 Å². The van der Waals surface area contributed by atoms with Gasteiger partial charge in [-0.3, -0.25) is 0 Å². The van der Waals surface area contributed by atoms with E-state index in [1.165, 1.54) is 0 Å². The first-order valence-corrected chi connectivity index (χ1v) is 5.18. The van der Waals surface area contributed by atoms with Gasteiger partial charge in [-0.05, 0) is 30.7 Å². The monoisotopic (exact) mass is 214 g/mol. The first-order valence-electron chi connectivity index (χ1n) is 5.18. The molecule has 0 aliphatic rings. The third-order valence-electron chi connectivity index (χ3n) is 2.22. The van der Waals surface area contributed by atoms with Gasteiger partial charge in [0, 0.05) is 18.3 Å². The number of hydrogen-bond acceptors (Lipinski definition) is 3. The zero-order valence-corrected chi connectivity index (χ0v) is 9.18. The molecule has 0 radical (unpaired) electrons. The number of nitrogens with zero attached hydrogens (tertiary/aromatic N) is 1. The molecular formula is C13H14N2O. The van der Waals surface area contributed by atoms with Crippen LogP contribution in [0.3, 0.4) is 0 Å². The van der Waals surface area contributed by atoms with Gasteiger partial charge in [0.25, 0.3) is 0 Å². The van der Waals surface area contributed by atoms with Crippen LogP contribution in [0.15, 0.2) is 42.5 Å². The minimum absolute atomic E-state index is 0.512. The highest BCUT2D eigenvalue weighted by atomic mass is 16.5. The van der Waals surface area contributed by atoms with Crippen molar-refractivity contribution >= 4 is 0 Å². The molecule has 1 aromatic heterocycles. The first kappa shape index (κ1) is 10.6. The lowest BCUT2D eigenvalue weighted by molar-refractivity contribution is 0.461. The maximum atomic E-state index is 5.64. The van der Waals surface area contributed by atoms with Crippen LogP contribution in [0.25, 0.3) is 0 Å². The lowest BCUT2D eigenvalue weighted by atomic mass is 10.2. The van der Waals surface area contributed by atoms with Crippen LogP contribution in [0, 0.1) is 6.92 Å². The molecule has 0 fully saturated rings. The van der Waals surface area contributed by atoms with Gasteiger partial charge in [-0.25, -0.2) is 4.98 Å². The fourth-order valence-electron chi connectivity index (χ4n) is 1.43. The van der Waals surface area contributed by atoms with E-state index >= 15 is 0 Å². The molecule has 0 atom stereocenters. The Kier molecular flexibility index (Phi) is 3.17. The summed E-state index contributed by atoms with van der Waals surface area (Å²) >= 11 is 0. The standard InChI is InChI=1S/C13H14N2O/c1-10-4-2-7-13(15-10)16-12-6-3-5-11(8-12)9-14/h2-8H,9,14H2,1H3. The minimum Gasteiger partial charge on any atom is -0.439 e. The second-order valence-corrected chi connectivity index (χ2v) is 3.57. The summed E-state index contributed by atoms with van der Waals surface area (Å²) in [5.74, 6) is 1.37. The third-order valence-corrected chi connectivity index (χ3v) is 2.22. The number of aromatic nitrogens is 1. The molecule has 0 amide bonds. The third kappa shape index (κ3) is 2.58. The van der Waals surface area contributed by atoms with Gasteiger partial charge in [0.05, 0.1) is 0 Å². The molecule has 0 aliphatic carbocycles. The molecule has 2 aromatic rings. The molecule has 3 heteroatoms. The van der Waals surface area contributed by atoms with Crippen LogP contribution < -0.4 is 10.5 Å². The topological polar surface area (TPSA) is 48.1 Å². The Labute approximate surface area is 94.9 Å². The van der Waals surface area contributed by atoms with Crippen molar-refractivity contribution in [2.75, 3.05) is 0 Å². The number of ether oxygens (including phenoxy) is 1. The zero-order chi connectivity index (χ0) is 11.4. The van der Waals surface area contributed by atoms with Crippen molar-refractivity contribution in [3.63, 3.8) is 0 Å². The van der Waals surface area contributed by atoms with Crippen LogP contribution in [0.5, 0.6) is 11.6 Å². The predicted octanol–water partition coefficient (Wildman–Crippen LogP) is 2.64. The second kappa shape index (κ2) is 4.77. The second-order valence-electron chi connectivity index (χ2n) is 3.57. The van der Waals surface area contributed by atoms with Gasteiger partial charge < -0.3 is 10.5 Å². The Balaban J connectivity index is 2.20. The number of pyridine rings is 1. The van der Waals surface area contributed by atoms with Crippen LogP contribution in [0.2, 0.25) is 0 Å². The van der Waals surface area contributed by atoms with Gasteiger partial charge in [-0.2, -0.15) is 0 Å². The summed E-state index contributed by atoms with van der Waals surface area (Å²) < 4.78 is 5.64. The van der Waals surface area contributed by atoms with Crippen molar-refractivity contribution in [2.45, 2.75) is 13.5 Å². The van der Waals surface area contributed by atoms with E-state index in [1.807, 2.05) is 49.4 Å². The van der Waals surface area contributed by atoms with Gasteiger partial charge in [0.1, 0.15) is 5.75 Å². The number of rotatable bonds is 3. The molecule has 16 heavy (non-hydrogen) atoms. The van der Waals surface area contributed by atoms with Crippen molar-refractivity contribution in [3.05, 3.63) is 53.7 Å². The average molecular weight is 214 g/mol. The summed E-state index contributed by atoms with van der Waals surface area (Å²) in [4.78, 5) is 4.27. The molecule has 3 nitrogen and oxygen atoms in total. The molecule has 0 bridgehead atoms. The summed E-state index contributed by atoms with van der Waals surface area (Å²) in [7, 11) is 0. The molecule has 1 aromatic carbocycles. The summed E-state index contributed by atoms with van der Waals surface area (Å²) in [6.07, 6.45) is 0. The Hall–Kier alpha value is -1.87. The summed E-state index contributed by atoms with van der Waals surface area (Å²) in [6.45, 7) is 2.45.